The maximum Gasteiger partial charge on any atom is 0.141 e. The second-order valence-corrected chi connectivity index (χ2v) is 4.24. The zero-order valence-electron chi connectivity index (χ0n) is 8.63. The summed E-state index contributed by atoms with van der Waals surface area (Å²) in [6.07, 6.45) is 1.28. The summed E-state index contributed by atoms with van der Waals surface area (Å²) in [5.41, 5.74) is 0.956. The standard InChI is InChI=1S/C11H16FN/c1-8(2)11(3,4)10-6-5-9(12)7-13-10/h5-8H,1-4H3. The van der Waals surface area contributed by atoms with Crippen molar-refractivity contribution < 1.29 is 4.39 Å². The predicted molar refractivity (Wildman–Crippen MR) is 52.1 cm³/mol. The average molecular weight is 181 g/mol. The molecule has 2 heteroatoms. The highest BCUT2D eigenvalue weighted by Gasteiger charge is 2.25. The normalized spacial score (nSPS) is 12.2. The monoisotopic (exact) mass is 181 g/mol. The molecule has 1 aromatic heterocycles. The Morgan fingerprint density at radius 3 is 2.31 bits per heavy atom. The molecule has 0 N–H and O–H groups in total. The van der Waals surface area contributed by atoms with Gasteiger partial charge < -0.3 is 0 Å². The molecular formula is C11H16FN. The zero-order valence-corrected chi connectivity index (χ0v) is 8.63. The molecule has 1 heterocycles. The third kappa shape index (κ3) is 2.06. The van der Waals surface area contributed by atoms with Gasteiger partial charge in [-0.25, -0.2) is 4.39 Å². The molecule has 0 saturated heterocycles. The van der Waals surface area contributed by atoms with Crippen molar-refractivity contribution >= 4 is 0 Å². The van der Waals surface area contributed by atoms with Crippen LogP contribution < -0.4 is 0 Å². The molecule has 0 radical (unpaired) electrons. The number of halogens is 1. The molecule has 0 atom stereocenters. The van der Waals surface area contributed by atoms with Crippen LogP contribution in [0.3, 0.4) is 0 Å². The second-order valence-electron chi connectivity index (χ2n) is 4.24. The lowest BCUT2D eigenvalue weighted by atomic mass is 9.78. The van der Waals surface area contributed by atoms with Crippen molar-refractivity contribution in [2.75, 3.05) is 0 Å². The lowest BCUT2D eigenvalue weighted by Gasteiger charge is -2.28. The SMILES string of the molecule is CC(C)C(C)(C)c1ccc(F)cn1. The van der Waals surface area contributed by atoms with Crippen molar-refractivity contribution in [1.29, 1.82) is 0 Å². The van der Waals surface area contributed by atoms with Crippen molar-refractivity contribution in [3.63, 3.8) is 0 Å². The van der Waals surface area contributed by atoms with E-state index >= 15 is 0 Å². The third-order valence-corrected chi connectivity index (χ3v) is 2.83. The molecule has 0 spiro atoms. The number of hydrogen-bond acceptors (Lipinski definition) is 1. The first-order chi connectivity index (χ1) is 5.94. The Hall–Kier alpha value is -0.920. The molecule has 0 aliphatic rings. The van der Waals surface area contributed by atoms with Crippen LogP contribution in [-0.4, -0.2) is 4.98 Å². The fourth-order valence-corrected chi connectivity index (χ4v) is 1.05. The maximum absolute atomic E-state index is 12.6. The Bertz CT molecular complexity index is 275. The van der Waals surface area contributed by atoms with Gasteiger partial charge in [0.05, 0.1) is 6.20 Å². The molecule has 0 unspecified atom stereocenters. The van der Waals surface area contributed by atoms with E-state index < -0.39 is 0 Å². The van der Waals surface area contributed by atoms with Gasteiger partial charge in [-0.05, 0) is 18.1 Å². The van der Waals surface area contributed by atoms with Gasteiger partial charge in [-0.15, -0.1) is 0 Å². The molecule has 1 nitrogen and oxygen atoms in total. The van der Waals surface area contributed by atoms with Gasteiger partial charge in [-0.1, -0.05) is 27.7 Å². The third-order valence-electron chi connectivity index (χ3n) is 2.83. The van der Waals surface area contributed by atoms with Crippen LogP contribution in [0.1, 0.15) is 33.4 Å². The fourth-order valence-electron chi connectivity index (χ4n) is 1.05. The van der Waals surface area contributed by atoms with E-state index in [1.165, 1.54) is 12.3 Å². The summed E-state index contributed by atoms with van der Waals surface area (Å²) in [7, 11) is 0. The van der Waals surface area contributed by atoms with Crippen molar-refractivity contribution in [3.05, 3.63) is 29.8 Å². The summed E-state index contributed by atoms with van der Waals surface area (Å²) in [6.45, 7) is 8.53. The van der Waals surface area contributed by atoms with Crippen molar-refractivity contribution in [2.24, 2.45) is 5.92 Å². The Labute approximate surface area is 79.0 Å². The van der Waals surface area contributed by atoms with Gasteiger partial charge >= 0.3 is 0 Å². The highest BCUT2D eigenvalue weighted by Crippen LogP contribution is 2.29. The Kier molecular flexibility index (Phi) is 2.69. The van der Waals surface area contributed by atoms with Crippen LogP contribution in [0.25, 0.3) is 0 Å². The molecule has 0 saturated carbocycles. The number of rotatable bonds is 2. The van der Waals surface area contributed by atoms with E-state index in [1.54, 1.807) is 6.07 Å². The highest BCUT2D eigenvalue weighted by molar-refractivity contribution is 5.15. The van der Waals surface area contributed by atoms with E-state index in [-0.39, 0.29) is 11.2 Å². The van der Waals surface area contributed by atoms with Crippen LogP contribution in [0.5, 0.6) is 0 Å². The Morgan fingerprint density at radius 1 is 1.31 bits per heavy atom. The van der Waals surface area contributed by atoms with E-state index in [0.717, 1.165) is 5.69 Å². The summed E-state index contributed by atoms with van der Waals surface area (Å²) in [5.74, 6) is 0.216. The molecule has 1 rings (SSSR count). The van der Waals surface area contributed by atoms with Gasteiger partial charge in [-0.3, -0.25) is 4.98 Å². The predicted octanol–water partition coefficient (Wildman–Crippen LogP) is 3.15. The molecule has 0 bridgehead atoms. The zero-order chi connectivity index (χ0) is 10.1. The minimum Gasteiger partial charge on any atom is -0.258 e. The fraction of sp³-hybridized carbons (Fsp3) is 0.545. The Morgan fingerprint density at radius 2 is 1.92 bits per heavy atom. The smallest absolute Gasteiger partial charge is 0.141 e. The first-order valence-corrected chi connectivity index (χ1v) is 4.56. The summed E-state index contributed by atoms with van der Waals surface area (Å²) >= 11 is 0. The minimum atomic E-state index is -0.275. The number of nitrogens with zero attached hydrogens (tertiary/aromatic N) is 1. The molecule has 13 heavy (non-hydrogen) atoms. The number of aromatic nitrogens is 1. The quantitative estimate of drug-likeness (QED) is 0.683. The van der Waals surface area contributed by atoms with E-state index in [1.807, 2.05) is 0 Å². The molecule has 0 aromatic carbocycles. The van der Waals surface area contributed by atoms with Crippen LogP contribution in [0.2, 0.25) is 0 Å². The summed E-state index contributed by atoms with van der Waals surface area (Å²) in [6, 6.07) is 3.22. The van der Waals surface area contributed by atoms with Crippen molar-refractivity contribution in [1.82, 2.24) is 4.98 Å². The first-order valence-electron chi connectivity index (χ1n) is 4.56. The summed E-state index contributed by atoms with van der Waals surface area (Å²) in [4.78, 5) is 4.10. The largest absolute Gasteiger partial charge is 0.258 e. The maximum atomic E-state index is 12.6. The second kappa shape index (κ2) is 3.44. The van der Waals surface area contributed by atoms with Crippen LogP contribution in [-0.2, 0) is 5.41 Å². The van der Waals surface area contributed by atoms with Gasteiger partial charge in [0.15, 0.2) is 0 Å². The van der Waals surface area contributed by atoms with Gasteiger partial charge in [-0.2, -0.15) is 0 Å². The lowest BCUT2D eigenvalue weighted by molar-refractivity contribution is 0.361. The summed E-state index contributed by atoms with van der Waals surface area (Å²) < 4.78 is 12.6. The Balaban J connectivity index is 3.01. The first kappa shape index (κ1) is 10.2. The molecule has 0 fully saturated rings. The molecule has 0 aliphatic heterocycles. The molecule has 72 valence electrons. The lowest BCUT2D eigenvalue weighted by Crippen LogP contribution is -2.25. The molecule has 0 aliphatic carbocycles. The van der Waals surface area contributed by atoms with Crippen LogP contribution >= 0.6 is 0 Å². The molecular weight excluding hydrogens is 165 g/mol. The van der Waals surface area contributed by atoms with Crippen LogP contribution in [0, 0.1) is 11.7 Å². The summed E-state index contributed by atoms with van der Waals surface area (Å²) in [5, 5.41) is 0. The molecule has 1 aromatic rings. The van der Waals surface area contributed by atoms with Gasteiger partial charge in [0.25, 0.3) is 0 Å². The minimum absolute atomic E-state index is 0.00764. The van der Waals surface area contributed by atoms with Crippen molar-refractivity contribution in [3.8, 4) is 0 Å². The highest BCUT2D eigenvalue weighted by atomic mass is 19.1. The number of hydrogen-bond donors (Lipinski definition) is 0. The van der Waals surface area contributed by atoms with Crippen LogP contribution in [0.15, 0.2) is 18.3 Å². The van der Waals surface area contributed by atoms with Gasteiger partial charge in [0.1, 0.15) is 5.82 Å². The van der Waals surface area contributed by atoms with E-state index in [0.29, 0.717) is 5.92 Å². The average Bonchev–Trinajstić information content (AvgIpc) is 2.04. The number of pyridine rings is 1. The van der Waals surface area contributed by atoms with E-state index in [2.05, 4.69) is 32.7 Å². The van der Waals surface area contributed by atoms with Gasteiger partial charge in [0.2, 0.25) is 0 Å². The van der Waals surface area contributed by atoms with E-state index in [4.69, 9.17) is 0 Å². The molecule has 0 amide bonds. The van der Waals surface area contributed by atoms with E-state index in [9.17, 15) is 4.39 Å². The van der Waals surface area contributed by atoms with Crippen LogP contribution in [0.4, 0.5) is 4.39 Å². The topological polar surface area (TPSA) is 12.9 Å². The van der Waals surface area contributed by atoms with Gasteiger partial charge in [0, 0.05) is 11.1 Å². The van der Waals surface area contributed by atoms with Crippen molar-refractivity contribution in [2.45, 2.75) is 33.1 Å².